The lowest BCUT2D eigenvalue weighted by Crippen LogP contribution is -2.48. The van der Waals surface area contributed by atoms with Gasteiger partial charge in [0, 0.05) is 0 Å². The molecule has 3 heterocycles. The van der Waals surface area contributed by atoms with Gasteiger partial charge in [0.15, 0.2) is 11.5 Å². The van der Waals surface area contributed by atoms with Crippen molar-refractivity contribution in [2.45, 2.75) is 18.5 Å². The topological polar surface area (TPSA) is 97.4 Å². The van der Waals surface area contributed by atoms with E-state index in [2.05, 4.69) is 5.32 Å². The molecule has 36 heavy (non-hydrogen) atoms. The summed E-state index contributed by atoms with van der Waals surface area (Å²) in [5.41, 5.74) is 0.676. The predicted octanol–water partition coefficient (Wildman–Crippen LogP) is 3.35. The van der Waals surface area contributed by atoms with Crippen LogP contribution in [0.3, 0.4) is 0 Å². The third-order valence-corrected chi connectivity index (χ3v) is 6.80. The highest BCUT2D eigenvalue weighted by molar-refractivity contribution is 6.11. The number of benzene rings is 3. The number of carbonyl (C=O) groups is 3. The molecule has 3 aromatic rings. The molecule has 3 aliphatic rings. The Morgan fingerprint density at radius 3 is 2.53 bits per heavy atom. The van der Waals surface area contributed by atoms with Crippen molar-refractivity contribution in [3.63, 3.8) is 0 Å². The van der Waals surface area contributed by atoms with Crippen molar-refractivity contribution in [1.82, 2.24) is 10.2 Å². The molecule has 182 valence electrons. The van der Waals surface area contributed by atoms with Crippen LogP contribution in [0, 0.1) is 0 Å². The number of carbonyl (C=O) groups excluding carboxylic acids is 3. The number of para-hydroxylation sites is 2. The molecular formula is C27H23N3O6. The van der Waals surface area contributed by atoms with Crippen LogP contribution < -0.4 is 24.4 Å². The Hall–Kier alpha value is -4.53. The molecule has 0 saturated carbocycles. The Morgan fingerprint density at radius 1 is 0.944 bits per heavy atom. The van der Waals surface area contributed by atoms with Gasteiger partial charge >= 0.3 is 6.03 Å². The van der Waals surface area contributed by atoms with Crippen molar-refractivity contribution >= 4 is 23.5 Å². The first-order valence-electron chi connectivity index (χ1n) is 11.6. The molecule has 0 radical (unpaired) electrons. The Bertz CT molecular complexity index is 1380. The molecule has 2 atom stereocenters. The number of fused-ring (bicyclic) bond motifs is 2. The number of nitrogens with zero attached hydrogens (tertiary/aromatic N) is 2. The quantitative estimate of drug-likeness (QED) is 0.570. The molecule has 9 nitrogen and oxygen atoms in total. The van der Waals surface area contributed by atoms with Crippen LogP contribution in [0.15, 0.2) is 72.8 Å². The second-order valence-electron chi connectivity index (χ2n) is 8.98. The number of rotatable bonds is 4. The lowest BCUT2D eigenvalue weighted by Gasteiger charge is -2.37. The molecule has 4 amide bonds. The van der Waals surface area contributed by atoms with E-state index in [9.17, 15) is 14.4 Å². The summed E-state index contributed by atoms with van der Waals surface area (Å²) in [6.07, 6.45) is 0. The zero-order chi connectivity index (χ0) is 24.9. The maximum Gasteiger partial charge on any atom is 0.325 e. The van der Waals surface area contributed by atoms with Crippen LogP contribution in [-0.2, 0) is 15.1 Å². The van der Waals surface area contributed by atoms with Gasteiger partial charge in [-0.05, 0) is 42.3 Å². The van der Waals surface area contributed by atoms with E-state index >= 15 is 0 Å². The summed E-state index contributed by atoms with van der Waals surface area (Å²) < 4.78 is 16.7. The first kappa shape index (κ1) is 22.0. The highest BCUT2D eigenvalue weighted by atomic mass is 16.7. The number of nitrogens with one attached hydrogen (secondary N) is 1. The van der Waals surface area contributed by atoms with Crippen molar-refractivity contribution in [3.8, 4) is 17.2 Å². The van der Waals surface area contributed by atoms with Crippen LogP contribution in [-0.4, -0.2) is 42.7 Å². The zero-order valence-electron chi connectivity index (χ0n) is 19.5. The average molecular weight is 485 g/mol. The Balaban J connectivity index is 1.30. The Kier molecular flexibility index (Phi) is 5.06. The zero-order valence-corrected chi connectivity index (χ0v) is 19.5. The molecule has 3 aromatic carbocycles. The van der Waals surface area contributed by atoms with Crippen LogP contribution in [0.4, 0.5) is 10.5 Å². The van der Waals surface area contributed by atoms with Gasteiger partial charge < -0.3 is 19.5 Å². The molecule has 1 fully saturated rings. The van der Waals surface area contributed by atoms with Gasteiger partial charge in [-0.1, -0.05) is 48.5 Å². The van der Waals surface area contributed by atoms with E-state index in [1.54, 1.807) is 42.2 Å². The number of amides is 4. The minimum atomic E-state index is -1.35. The van der Waals surface area contributed by atoms with Crippen LogP contribution >= 0.6 is 0 Å². The number of hydrogen-bond acceptors (Lipinski definition) is 6. The van der Waals surface area contributed by atoms with E-state index < -0.39 is 36.0 Å². The first-order valence-corrected chi connectivity index (χ1v) is 11.6. The largest absolute Gasteiger partial charge is 0.489 e. The van der Waals surface area contributed by atoms with Gasteiger partial charge in [-0.15, -0.1) is 0 Å². The molecule has 9 heteroatoms. The summed E-state index contributed by atoms with van der Waals surface area (Å²) in [5.74, 6) is 0.737. The highest BCUT2D eigenvalue weighted by Crippen LogP contribution is 2.40. The van der Waals surface area contributed by atoms with Crippen molar-refractivity contribution in [3.05, 3.63) is 83.9 Å². The van der Waals surface area contributed by atoms with E-state index in [0.717, 1.165) is 10.5 Å². The predicted molar refractivity (Wildman–Crippen MR) is 129 cm³/mol. The Labute approximate surface area is 207 Å². The van der Waals surface area contributed by atoms with Crippen molar-refractivity contribution in [2.24, 2.45) is 0 Å². The summed E-state index contributed by atoms with van der Waals surface area (Å²) in [6, 6.07) is 20.8. The van der Waals surface area contributed by atoms with Gasteiger partial charge in [-0.25, -0.2) is 4.79 Å². The smallest absolute Gasteiger partial charge is 0.325 e. The van der Waals surface area contributed by atoms with Crippen molar-refractivity contribution in [1.29, 1.82) is 0 Å². The molecular weight excluding hydrogens is 462 g/mol. The summed E-state index contributed by atoms with van der Waals surface area (Å²) in [5, 5.41) is 2.75. The molecule has 1 saturated heterocycles. The number of ether oxygens (including phenoxy) is 3. The third-order valence-electron chi connectivity index (χ3n) is 6.80. The van der Waals surface area contributed by atoms with Gasteiger partial charge in [-0.2, -0.15) is 0 Å². The fourth-order valence-electron chi connectivity index (χ4n) is 4.87. The fraction of sp³-hybridized carbons (Fsp3) is 0.222. The van der Waals surface area contributed by atoms with Crippen LogP contribution in [0.5, 0.6) is 17.2 Å². The number of hydrogen-bond donors (Lipinski definition) is 1. The van der Waals surface area contributed by atoms with E-state index in [0.29, 0.717) is 28.5 Å². The SMILES string of the molecule is C[C@]1(c2ccc3c(c2)OCO3)NC(=O)N(CC(=O)N2c3ccccc3OC[C@H]2c2ccccc2)C1=O. The average Bonchev–Trinajstić information content (AvgIpc) is 3.46. The fourth-order valence-corrected chi connectivity index (χ4v) is 4.87. The molecule has 0 unspecified atom stereocenters. The number of imide groups is 1. The van der Waals surface area contributed by atoms with Crippen LogP contribution in [0.25, 0.3) is 0 Å². The lowest BCUT2D eigenvalue weighted by atomic mass is 9.91. The summed E-state index contributed by atoms with van der Waals surface area (Å²) >= 11 is 0. The number of urea groups is 1. The van der Waals surface area contributed by atoms with E-state index in [4.69, 9.17) is 14.2 Å². The van der Waals surface area contributed by atoms with Crippen molar-refractivity contribution in [2.75, 3.05) is 24.8 Å². The van der Waals surface area contributed by atoms with Gasteiger partial charge in [0.05, 0.1) is 11.7 Å². The minimum absolute atomic E-state index is 0.0973. The second kappa shape index (κ2) is 8.30. The summed E-state index contributed by atoms with van der Waals surface area (Å²) in [7, 11) is 0. The Morgan fingerprint density at radius 2 is 1.69 bits per heavy atom. The minimum Gasteiger partial charge on any atom is -0.489 e. The molecule has 3 aliphatic heterocycles. The number of anilines is 1. The third kappa shape index (κ3) is 3.43. The maximum atomic E-state index is 13.8. The van der Waals surface area contributed by atoms with Crippen LogP contribution in [0.2, 0.25) is 0 Å². The molecule has 0 aromatic heterocycles. The second-order valence-corrected chi connectivity index (χ2v) is 8.98. The van der Waals surface area contributed by atoms with Gasteiger partial charge in [-0.3, -0.25) is 19.4 Å². The highest BCUT2D eigenvalue weighted by Gasteiger charge is 2.50. The van der Waals surface area contributed by atoms with Gasteiger partial charge in [0.25, 0.3) is 5.91 Å². The molecule has 1 N–H and O–H groups in total. The standard InChI is InChI=1S/C27H23N3O6/c1-27(18-11-12-22-23(13-18)36-16-35-22)25(32)29(26(33)28-27)14-24(31)30-19-9-5-6-10-21(19)34-15-20(30)17-7-3-2-4-8-17/h2-13,20H,14-16H2,1H3,(H,28,33)/t20-,27+/m0/s1. The monoisotopic (exact) mass is 485 g/mol. The van der Waals surface area contributed by atoms with E-state index in [1.807, 2.05) is 42.5 Å². The van der Waals surface area contributed by atoms with Gasteiger partial charge in [0.2, 0.25) is 12.7 Å². The normalized spacial score (nSPS) is 22.2. The maximum absolute atomic E-state index is 13.8. The van der Waals surface area contributed by atoms with Crippen LogP contribution in [0.1, 0.15) is 24.1 Å². The van der Waals surface area contributed by atoms with Crippen molar-refractivity contribution < 1.29 is 28.6 Å². The molecule has 0 spiro atoms. The molecule has 0 aliphatic carbocycles. The van der Waals surface area contributed by atoms with E-state index in [1.165, 1.54) is 0 Å². The van der Waals surface area contributed by atoms with E-state index in [-0.39, 0.29) is 13.4 Å². The summed E-state index contributed by atoms with van der Waals surface area (Å²) in [4.78, 5) is 42.8. The molecule has 6 rings (SSSR count). The first-order chi connectivity index (χ1) is 17.5. The lowest BCUT2D eigenvalue weighted by molar-refractivity contribution is -0.134. The molecule has 0 bridgehead atoms. The van der Waals surface area contributed by atoms with Gasteiger partial charge in [0.1, 0.15) is 24.4 Å². The summed E-state index contributed by atoms with van der Waals surface area (Å²) in [6.45, 7) is 1.55.